The minimum atomic E-state index is -0.344. The molecule has 2 heterocycles. The Morgan fingerprint density at radius 1 is 1.44 bits per heavy atom. The highest BCUT2D eigenvalue weighted by atomic mass is 16.2. The van der Waals surface area contributed by atoms with Gasteiger partial charge < -0.3 is 0 Å². The first kappa shape index (κ1) is 12.2. The van der Waals surface area contributed by atoms with Crippen molar-refractivity contribution in [2.45, 2.75) is 6.92 Å². The van der Waals surface area contributed by atoms with Gasteiger partial charge in [0.05, 0.1) is 0 Å². The van der Waals surface area contributed by atoms with E-state index in [0.29, 0.717) is 12.4 Å². The van der Waals surface area contributed by atoms with Gasteiger partial charge in [0.25, 0.3) is 11.8 Å². The Labute approximate surface area is 105 Å². The van der Waals surface area contributed by atoms with Crippen molar-refractivity contribution in [2.75, 3.05) is 6.54 Å². The Balaban J connectivity index is 2.06. The molecule has 0 saturated heterocycles. The lowest BCUT2D eigenvalue weighted by molar-refractivity contribution is -0.139. The van der Waals surface area contributed by atoms with Crippen molar-refractivity contribution in [3.8, 4) is 0 Å². The topological polar surface area (TPSA) is 63.2 Å². The lowest BCUT2D eigenvalue weighted by Gasteiger charge is -2.23. The average molecular weight is 243 g/mol. The third-order valence-corrected chi connectivity index (χ3v) is 2.53. The summed E-state index contributed by atoms with van der Waals surface area (Å²) < 4.78 is 0. The SMILES string of the molecule is CC1C=CC(=O)N(C(=O)/C=C/c2ncccn2)C1. The van der Waals surface area contributed by atoms with Crippen LogP contribution in [0.2, 0.25) is 0 Å². The number of nitrogens with zero attached hydrogens (tertiary/aromatic N) is 3. The molecule has 1 aromatic heterocycles. The van der Waals surface area contributed by atoms with Crippen LogP contribution in [0.25, 0.3) is 6.08 Å². The molecule has 0 aliphatic carbocycles. The van der Waals surface area contributed by atoms with Crippen molar-refractivity contribution in [1.29, 1.82) is 0 Å². The summed E-state index contributed by atoms with van der Waals surface area (Å²) in [5.74, 6) is 0.00677. The minimum Gasteiger partial charge on any atom is -0.275 e. The number of imide groups is 1. The van der Waals surface area contributed by atoms with Crippen molar-refractivity contribution in [3.63, 3.8) is 0 Å². The molecule has 1 aliphatic rings. The van der Waals surface area contributed by atoms with E-state index in [0.717, 1.165) is 0 Å². The fourth-order valence-electron chi connectivity index (χ4n) is 1.61. The van der Waals surface area contributed by atoms with Crippen LogP contribution in [-0.2, 0) is 9.59 Å². The molecular weight excluding hydrogens is 230 g/mol. The third-order valence-electron chi connectivity index (χ3n) is 2.53. The maximum absolute atomic E-state index is 11.9. The van der Waals surface area contributed by atoms with E-state index in [2.05, 4.69) is 9.97 Å². The summed E-state index contributed by atoms with van der Waals surface area (Å²) in [6.07, 6.45) is 9.23. The fraction of sp³-hybridized carbons (Fsp3) is 0.231. The molecule has 0 N–H and O–H groups in total. The van der Waals surface area contributed by atoms with Crippen LogP contribution < -0.4 is 0 Å². The molecule has 5 heteroatoms. The van der Waals surface area contributed by atoms with Gasteiger partial charge in [0, 0.05) is 25.0 Å². The molecule has 0 aromatic carbocycles. The van der Waals surface area contributed by atoms with Crippen LogP contribution in [-0.4, -0.2) is 33.2 Å². The van der Waals surface area contributed by atoms with Crippen LogP contribution in [0.15, 0.2) is 36.7 Å². The van der Waals surface area contributed by atoms with E-state index in [9.17, 15) is 9.59 Å². The standard InChI is InChI=1S/C13H13N3O2/c1-10-3-5-12(17)16(9-10)13(18)6-4-11-14-7-2-8-15-11/h2-8,10H,9H2,1H3/b6-4+. The molecule has 2 rings (SSSR count). The monoisotopic (exact) mass is 243 g/mol. The van der Waals surface area contributed by atoms with Gasteiger partial charge >= 0.3 is 0 Å². The molecule has 92 valence electrons. The summed E-state index contributed by atoms with van der Waals surface area (Å²) >= 11 is 0. The molecule has 0 radical (unpaired) electrons. The lowest BCUT2D eigenvalue weighted by atomic mass is 10.1. The zero-order valence-corrected chi connectivity index (χ0v) is 9.98. The van der Waals surface area contributed by atoms with Crippen molar-refractivity contribution in [1.82, 2.24) is 14.9 Å². The van der Waals surface area contributed by atoms with E-state index in [1.54, 1.807) is 24.5 Å². The number of hydrogen-bond donors (Lipinski definition) is 0. The zero-order valence-electron chi connectivity index (χ0n) is 9.98. The molecule has 0 bridgehead atoms. The summed E-state index contributed by atoms with van der Waals surface area (Å²) in [4.78, 5) is 32.5. The number of carbonyl (C=O) groups excluding carboxylic acids is 2. The van der Waals surface area contributed by atoms with E-state index in [1.165, 1.54) is 23.1 Å². The summed E-state index contributed by atoms with van der Waals surface area (Å²) in [5, 5.41) is 0. The van der Waals surface area contributed by atoms with Gasteiger partial charge in [-0.05, 0) is 24.1 Å². The Hall–Kier alpha value is -2.30. The number of amides is 2. The highest BCUT2D eigenvalue weighted by molar-refractivity contribution is 6.06. The molecule has 1 aromatic rings. The number of hydrogen-bond acceptors (Lipinski definition) is 4. The van der Waals surface area contributed by atoms with Crippen LogP contribution >= 0.6 is 0 Å². The normalized spacial score (nSPS) is 19.5. The first-order valence-electron chi connectivity index (χ1n) is 5.65. The summed E-state index contributed by atoms with van der Waals surface area (Å²) in [6.45, 7) is 2.36. The van der Waals surface area contributed by atoms with Crippen molar-refractivity contribution in [3.05, 3.63) is 42.5 Å². The first-order valence-corrected chi connectivity index (χ1v) is 5.65. The van der Waals surface area contributed by atoms with E-state index < -0.39 is 0 Å². The van der Waals surface area contributed by atoms with Crippen molar-refractivity contribution in [2.24, 2.45) is 5.92 Å². The van der Waals surface area contributed by atoms with Crippen LogP contribution in [0.1, 0.15) is 12.7 Å². The average Bonchev–Trinajstić information content (AvgIpc) is 2.40. The highest BCUT2D eigenvalue weighted by Gasteiger charge is 2.22. The van der Waals surface area contributed by atoms with Crippen molar-refractivity contribution >= 4 is 17.9 Å². The summed E-state index contributed by atoms with van der Waals surface area (Å²) in [6, 6.07) is 1.69. The van der Waals surface area contributed by atoms with Crippen LogP contribution in [0.3, 0.4) is 0 Å². The smallest absolute Gasteiger partial charge is 0.253 e. The molecule has 18 heavy (non-hydrogen) atoms. The molecule has 0 saturated carbocycles. The van der Waals surface area contributed by atoms with Gasteiger partial charge in [-0.3, -0.25) is 14.5 Å². The van der Waals surface area contributed by atoms with E-state index in [1.807, 2.05) is 6.92 Å². The lowest BCUT2D eigenvalue weighted by Crippen LogP contribution is -2.40. The molecular formula is C13H13N3O2. The maximum Gasteiger partial charge on any atom is 0.253 e. The van der Waals surface area contributed by atoms with Crippen LogP contribution in [0, 0.1) is 5.92 Å². The second-order valence-corrected chi connectivity index (χ2v) is 4.06. The van der Waals surface area contributed by atoms with Crippen LogP contribution in [0.5, 0.6) is 0 Å². The fourth-order valence-corrected chi connectivity index (χ4v) is 1.61. The Bertz CT molecular complexity index is 508. The molecule has 1 atom stereocenters. The molecule has 5 nitrogen and oxygen atoms in total. The van der Waals surface area contributed by atoms with E-state index >= 15 is 0 Å². The second kappa shape index (κ2) is 5.35. The minimum absolute atomic E-state index is 0.188. The largest absolute Gasteiger partial charge is 0.275 e. The molecule has 0 spiro atoms. The van der Waals surface area contributed by atoms with Gasteiger partial charge in [-0.25, -0.2) is 9.97 Å². The van der Waals surface area contributed by atoms with Gasteiger partial charge in [-0.2, -0.15) is 0 Å². The van der Waals surface area contributed by atoms with Crippen molar-refractivity contribution < 1.29 is 9.59 Å². The third kappa shape index (κ3) is 2.88. The second-order valence-electron chi connectivity index (χ2n) is 4.06. The molecule has 1 unspecified atom stereocenters. The van der Waals surface area contributed by atoms with Gasteiger partial charge in [0.15, 0.2) is 5.82 Å². The number of rotatable bonds is 2. The summed E-state index contributed by atoms with van der Waals surface area (Å²) in [7, 11) is 0. The zero-order chi connectivity index (χ0) is 13.0. The highest BCUT2D eigenvalue weighted by Crippen LogP contribution is 2.10. The first-order chi connectivity index (χ1) is 8.66. The molecule has 0 fully saturated rings. The number of aromatic nitrogens is 2. The quantitative estimate of drug-likeness (QED) is 0.728. The molecule has 2 amide bonds. The van der Waals surface area contributed by atoms with Gasteiger partial charge in [0.1, 0.15) is 0 Å². The predicted molar refractivity (Wildman–Crippen MR) is 66.1 cm³/mol. The number of carbonyl (C=O) groups is 2. The van der Waals surface area contributed by atoms with E-state index in [4.69, 9.17) is 0 Å². The Morgan fingerprint density at radius 2 is 2.17 bits per heavy atom. The molecule has 1 aliphatic heterocycles. The van der Waals surface area contributed by atoms with Crippen LogP contribution in [0.4, 0.5) is 0 Å². The maximum atomic E-state index is 11.9. The Morgan fingerprint density at radius 3 is 2.89 bits per heavy atom. The van der Waals surface area contributed by atoms with Gasteiger partial charge in [0.2, 0.25) is 0 Å². The van der Waals surface area contributed by atoms with Gasteiger partial charge in [-0.1, -0.05) is 13.0 Å². The van der Waals surface area contributed by atoms with E-state index in [-0.39, 0.29) is 17.7 Å². The predicted octanol–water partition coefficient (Wildman–Crippen LogP) is 1.05. The Kier molecular flexibility index (Phi) is 3.62. The van der Waals surface area contributed by atoms with Gasteiger partial charge in [-0.15, -0.1) is 0 Å². The summed E-state index contributed by atoms with van der Waals surface area (Å²) in [5.41, 5.74) is 0.